The molecule has 0 aromatic heterocycles. The lowest BCUT2D eigenvalue weighted by Crippen LogP contribution is -2.53. The summed E-state index contributed by atoms with van der Waals surface area (Å²) in [4.78, 5) is 76.5. The maximum Gasteiger partial charge on any atom is 0.407 e. The Morgan fingerprint density at radius 1 is 1.07 bits per heavy atom. The molecule has 1 saturated heterocycles. The summed E-state index contributed by atoms with van der Waals surface area (Å²) < 4.78 is 5.03. The highest BCUT2D eigenvalue weighted by atomic mass is 16.7. The summed E-state index contributed by atoms with van der Waals surface area (Å²) in [5, 5.41) is 2.55. The second-order valence-electron chi connectivity index (χ2n) is 6.77. The van der Waals surface area contributed by atoms with Gasteiger partial charge >= 0.3 is 12.1 Å². The minimum atomic E-state index is -1.59. The summed E-state index contributed by atoms with van der Waals surface area (Å²) in [5.74, 6) is -4.26. The van der Waals surface area contributed by atoms with E-state index in [1.54, 1.807) is 20.8 Å². The van der Waals surface area contributed by atoms with Crippen LogP contribution in [0.25, 0.3) is 0 Å². The Kier molecular flexibility index (Phi) is 5.62. The van der Waals surface area contributed by atoms with Gasteiger partial charge in [0.2, 0.25) is 0 Å². The highest BCUT2D eigenvalue weighted by Crippen LogP contribution is 2.16. The number of amides is 5. The summed E-state index contributed by atoms with van der Waals surface area (Å²) in [7, 11) is 0. The third kappa shape index (κ3) is 4.90. The molecular formula is C16H19N3O8. The number of ether oxygens (including phenoxy) is 1. The Morgan fingerprint density at radius 3 is 2.07 bits per heavy atom. The first-order valence-electron chi connectivity index (χ1n) is 8.09. The molecule has 0 spiro atoms. The van der Waals surface area contributed by atoms with Crippen LogP contribution in [0.5, 0.6) is 0 Å². The predicted octanol–water partition coefficient (Wildman–Crippen LogP) is -0.588. The van der Waals surface area contributed by atoms with E-state index in [2.05, 4.69) is 5.32 Å². The molecule has 0 aliphatic carbocycles. The zero-order chi connectivity index (χ0) is 20.4. The minimum Gasteiger partial charge on any atom is -0.444 e. The van der Waals surface area contributed by atoms with Gasteiger partial charge in [-0.2, -0.15) is 0 Å². The number of carbonyl (C=O) groups excluding carboxylic acids is 6. The van der Waals surface area contributed by atoms with E-state index >= 15 is 0 Å². The lowest BCUT2D eigenvalue weighted by Gasteiger charge is -2.26. The fourth-order valence-electron chi connectivity index (χ4n) is 2.30. The van der Waals surface area contributed by atoms with Crippen LogP contribution in [0.15, 0.2) is 12.2 Å². The van der Waals surface area contributed by atoms with Crippen LogP contribution in [0.4, 0.5) is 4.79 Å². The van der Waals surface area contributed by atoms with Gasteiger partial charge in [-0.25, -0.2) is 9.59 Å². The molecule has 1 fully saturated rings. The second-order valence-corrected chi connectivity index (χ2v) is 6.77. The van der Waals surface area contributed by atoms with Crippen molar-refractivity contribution in [2.75, 3.05) is 6.54 Å². The van der Waals surface area contributed by atoms with Gasteiger partial charge < -0.3 is 14.9 Å². The average Bonchev–Trinajstić information content (AvgIpc) is 3.03. The molecule has 146 valence electrons. The summed E-state index contributed by atoms with van der Waals surface area (Å²) in [5.41, 5.74) is -0.810. The number of nitrogens with one attached hydrogen (secondary N) is 1. The summed E-state index contributed by atoms with van der Waals surface area (Å²) in [6, 6.07) is -1.59. The quantitative estimate of drug-likeness (QED) is 0.624. The summed E-state index contributed by atoms with van der Waals surface area (Å²) in [6.45, 7) is 4.35. The van der Waals surface area contributed by atoms with Gasteiger partial charge in [-0.15, -0.1) is 5.06 Å². The Labute approximate surface area is 154 Å². The molecule has 0 aromatic carbocycles. The van der Waals surface area contributed by atoms with E-state index in [1.165, 1.54) is 0 Å². The van der Waals surface area contributed by atoms with Crippen molar-refractivity contribution < 1.29 is 38.3 Å². The van der Waals surface area contributed by atoms with Crippen LogP contribution in [-0.2, 0) is 33.5 Å². The number of hydrogen-bond donors (Lipinski definition) is 1. The fraction of sp³-hybridized carbons (Fsp3) is 0.500. The van der Waals surface area contributed by atoms with Crippen molar-refractivity contribution in [3.8, 4) is 0 Å². The van der Waals surface area contributed by atoms with Crippen LogP contribution in [-0.4, -0.2) is 63.8 Å². The SMILES string of the molecule is CC(C)(C)OC(=O)NC[C@H](C(=O)ON1C(=O)CCC1=O)N1C(=O)C=CC1=O. The maximum absolute atomic E-state index is 12.4. The molecule has 0 saturated carbocycles. The van der Waals surface area contributed by atoms with Gasteiger partial charge in [-0.1, -0.05) is 0 Å². The van der Waals surface area contributed by atoms with Gasteiger partial charge in [0.05, 0.1) is 6.54 Å². The van der Waals surface area contributed by atoms with Crippen molar-refractivity contribution in [1.29, 1.82) is 0 Å². The summed E-state index contributed by atoms with van der Waals surface area (Å²) in [6.07, 6.45) is 0.775. The molecule has 0 radical (unpaired) electrons. The fourth-order valence-corrected chi connectivity index (χ4v) is 2.30. The molecule has 2 aliphatic heterocycles. The zero-order valence-corrected chi connectivity index (χ0v) is 15.0. The first-order chi connectivity index (χ1) is 12.5. The number of imide groups is 2. The second kappa shape index (κ2) is 7.56. The largest absolute Gasteiger partial charge is 0.444 e. The third-order valence-corrected chi connectivity index (χ3v) is 3.45. The number of nitrogens with zero attached hydrogens (tertiary/aromatic N) is 2. The van der Waals surface area contributed by atoms with Gasteiger partial charge in [0.15, 0.2) is 6.04 Å². The Hall–Kier alpha value is -3.24. The van der Waals surface area contributed by atoms with Crippen molar-refractivity contribution in [1.82, 2.24) is 15.3 Å². The molecule has 2 heterocycles. The highest BCUT2D eigenvalue weighted by molar-refractivity contribution is 6.15. The number of rotatable bonds is 5. The number of carbonyl (C=O) groups is 6. The lowest BCUT2D eigenvalue weighted by molar-refractivity contribution is -0.201. The van der Waals surface area contributed by atoms with Gasteiger partial charge in [-0.05, 0) is 20.8 Å². The molecular weight excluding hydrogens is 362 g/mol. The molecule has 5 amide bonds. The van der Waals surface area contributed by atoms with E-state index in [-0.39, 0.29) is 12.8 Å². The van der Waals surface area contributed by atoms with Crippen molar-refractivity contribution in [2.24, 2.45) is 0 Å². The van der Waals surface area contributed by atoms with Crippen molar-refractivity contribution in [3.05, 3.63) is 12.2 Å². The number of hydrogen-bond acceptors (Lipinski definition) is 8. The monoisotopic (exact) mass is 381 g/mol. The first-order valence-corrected chi connectivity index (χ1v) is 8.09. The molecule has 0 aromatic rings. The van der Waals surface area contributed by atoms with Crippen LogP contribution in [0, 0.1) is 0 Å². The van der Waals surface area contributed by atoms with E-state index in [9.17, 15) is 28.8 Å². The minimum absolute atomic E-state index is 0.115. The van der Waals surface area contributed by atoms with Crippen molar-refractivity contribution in [3.63, 3.8) is 0 Å². The lowest BCUT2D eigenvalue weighted by atomic mass is 10.2. The third-order valence-electron chi connectivity index (χ3n) is 3.45. The smallest absolute Gasteiger partial charge is 0.407 e. The van der Waals surface area contributed by atoms with Crippen LogP contribution >= 0.6 is 0 Å². The van der Waals surface area contributed by atoms with Gasteiger partial charge in [0.1, 0.15) is 5.60 Å². The maximum atomic E-state index is 12.4. The first kappa shape index (κ1) is 20.1. The standard InChI is InChI=1S/C16H19N3O8/c1-16(2,3)26-15(25)17-8-9(18-10(20)4-5-11(18)21)14(24)27-19-12(22)6-7-13(19)23/h4-5,9H,6-8H2,1-3H3,(H,17,25)/t9-/m1/s1. The topological polar surface area (TPSA) is 139 Å². The van der Waals surface area contributed by atoms with Crippen molar-refractivity contribution in [2.45, 2.75) is 45.3 Å². The zero-order valence-electron chi connectivity index (χ0n) is 15.0. The van der Waals surface area contributed by atoms with Crippen LogP contribution in [0.1, 0.15) is 33.6 Å². The van der Waals surface area contributed by atoms with Gasteiger partial charge in [0, 0.05) is 25.0 Å². The van der Waals surface area contributed by atoms with Crippen molar-refractivity contribution >= 4 is 35.7 Å². The molecule has 2 rings (SSSR count). The Balaban J connectivity index is 2.12. The molecule has 2 aliphatic rings. The molecule has 0 bridgehead atoms. The molecule has 1 N–H and O–H groups in total. The van der Waals surface area contributed by atoms with E-state index in [1.807, 2.05) is 0 Å². The Bertz CT molecular complexity index is 702. The summed E-state index contributed by atoms with van der Waals surface area (Å²) >= 11 is 0. The highest BCUT2D eigenvalue weighted by Gasteiger charge is 2.41. The molecule has 0 unspecified atom stereocenters. The van der Waals surface area contributed by atoms with Crippen LogP contribution in [0.2, 0.25) is 0 Å². The average molecular weight is 381 g/mol. The molecule has 11 heteroatoms. The van der Waals surface area contributed by atoms with Gasteiger partial charge in [-0.3, -0.25) is 24.1 Å². The molecule has 11 nitrogen and oxygen atoms in total. The van der Waals surface area contributed by atoms with Gasteiger partial charge in [0.25, 0.3) is 23.6 Å². The van der Waals surface area contributed by atoms with Crippen LogP contribution in [0.3, 0.4) is 0 Å². The molecule has 1 atom stereocenters. The number of hydroxylamine groups is 2. The van der Waals surface area contributed by atoms with E-state index in [0.29, 0.717) is 9.96 Å². The normalized spacial score (nSPS) is 18.2. The van der Waals surface area contributed by atoms with Crippen LogP contribution < -0.4 is 5.32 Å². The Morgan fingerprint density at radius 2 is 1.59 bits per heavy atom. The predicted molar refractivity (Wildman–Crippen MR) is 86.2 cm³/mol. The van der Waals surface area contributed by atoms with E-state index in [4.69, 9.17) is 9.57 Å². The number of alkyl carbamates (subject to hydrolysis) is 1. The van der Waals surface area contributed by atoms with E-state index in [0.717, 1.165) is 12.2 Å². The molecule has 27 heavy (non-hydrogen) atoms. The van der Waals surface area contributed by atoms with E-state index < -0.39 is 53.9 Å².